The third-order valence-corrected chi connectivity index (χ3v) is 7.56. The van der Waals surface area contributed by atoms with Crippen LogP contribution in [0.5, 0.6) is 0 Å². The molecule has 1 amide bonds. The number of ether oxygens (including phenoxy) is 1. The number of nitrogens with zero attached hydrogens (tertiary/aromatic N) is 3. The van der Waals surface area contributed by atoms with E-state index in [2.05, 4.69) is 15.1 Å². The van der Waals surface area contributed by atoms with Crippen molar-refractivity contribution in [2.75, 3.05) is 19.2 Å². The third kappa shape index (κ3) is 9.34. The van der Waals surface area contributed by atoms with E-state index in [-0.39, 0.29) is 143 Å². The molecule has 16 nitrogen and oxygen atoms in total. The summed E-state index contributed by atoms with van der Waals surface area (Å²) in [6, 6.07) is 8.82. The molecular weight excluding hydrogens is 691 g/mol. The summed E-state index contributed by atoms with van der Waals surface area (Å²) < 4.78 is 73.1. The van der Waals surface area contributed by atoms with Crippen LogP contribution in [0.25, 0.3) is 11.8 Å². The monoisotopic (exact) mass is 710 g/mol. The number of aromatic nitrogens is 2. The number of hydrazone groups is 1. The molecule has 1 N–H and O–H groups in total. The second kappa shape index (κ2) is 16.6. The molecule has 1 aliphatic rings. The molecule has 1 aromatic heterocycles. The van der Waals surface area contributed by atoms with E-state index in [4.69, 9.17) is 9.62 Å². The topological polar surface area (TPSA) is 230 Å². The number of carbonyl (C=O) groups is 2. The summed E-state index contributed by atoms with van der Waals surface area (Å²) in [6.45, 7) is -0.237. The molecule has 0 saturated heterocycles. The summed E-state index contributed by atoms with van der Waals surface area (Å²) >= 11 is 0. The number of benzene rings is 2. The van der Waals surface area contributed by atoms with E-state index in [1.165, 1.54) is 37.5 Å². The summed E-state index contributed by atoms with van der Waals surface area (Å²) in [5, 5.41) is 7.57. The molecule has 1 aliphatic heterocycles. The van der Waals surface area contributed by atoms with Gasteiger partial charge in [-0.3, -0.25) is 14.7 Å². The molecule has 0 fully saturated rings. The van der Waals surface area contributed by atoms with Crippen LogP contribution in [0.2, 0.25) is 0 Å². The molecule has 2 heterocycles. The molecule has 2 aromatic carbocycles. The maximum Gasteiger partial charge on any atom is 1.00 e. The summed E-state index contributed by atoms with van der Waals surface area (Å²) in [5.74, 6) is -1.76. The number of esters is 1. The number of anilines is 1. The van der Waals surface area contributed by atoms with Crippen LogP contribution in [-0.2, 0) is 50.9 Å². The first-order chi connectivity index (χ1) is 20.3. The number of hydrogen-bond acceptors (Lipinski definition) is 13. The Kier molecular flexibility index (Phi) is 14.6. The molecule has 4 rings (SSSR count). The Hall–Kier alpha value is -1.45. The molecule has 0 bridgehead atoms. The van der Waals surface area contributed by atoms with Gasteiger partial charge < -0.3 is 13.8 Å². The fourth-order valence-electron chi connectivity index (χ4n) is 3.82. The molecule has 226 valence electrons. The van der Waals surface area contributed by atoms with Crippen molar-refractivity contribution in [1.29, 1.82) is 0 Å². The Morgan fingerprint density at radius 2 is 1.44 bits per heavy atom. The van der Waals surface area contributed by atoms with E-state index in [1.807, 2.05) is 0 Å². The molecule has 0 atom stereocenters. The van der Waals surface area contributed by atoms with Crippen LogP contribution in [0.4, 0.5) is 5.69 Å². The maximum atomic E-state index is 13.2. The number of H-pyrrole nitrogens is 1. The molecule has 0 radical (unpaired) electrons. The molecule has 20 heteroatoms. The van der Waals surface area contributed by atoms with Crippen molar-refractivity contribution in [3.05, 3.63) is 87.9 Å². The van der Waals surface area contributed by atoms with Crippen molar-refractivity contribution in [2.24, 2.45) is 5.10 Å². The van der Waals surface area contributed by atoms with Gasteiger partial charge in [0.15, 0.2) is 5.71 Å². The number of rotatable bonds is 10. The van der Waals surface area contributed by atoms with Gasteiger partial charge in [0.05, 0.1) is 52.2 Å². The van der Waals surface area contributed by atoms with Gasteiger partial charge in [0, 0.05) is 0 Å². The van der Waals surface area contributed by atoms with E-state index in [0.717, 1.165) is 53.2 Å². The standard InChI is InChI=1S/C25H22N4O12S2.2K/c1-39-25(32)22-20(24(31)29(27-22)16-8-12-18(13-9-16)43(36,37)38)5-3-4-19-21(14-41-40-2)26-28(23(19)30)15-6-10-17(11-7-15)42(33,34)35;;/h3-13,26H,14H2,1-2H3,(H,33,34,35)(H,36,37,38);;/q;2*+1/p-2/b4-3+,20-5+;;. The summed E-state index contributed by atoms with van der Waals surface area (Å²) in [5.41, 5.74) is -0.777. The van der Waals surface area contributed by atoms with Gasteiger partial charge in [-0.15, -0.1) is 0 Å². The van der Waals surface area contributed by atoms with Gasteiger partial charge in [-0.25, -0.2) is 36.1 Å². The quantitative estimate of drug-likeness (QED) is 0.0519. The predicted molar refractivity (Wildman–Crippen MR) is 145 cm³/mol. The van der Waals surface area contributed by atoms with E-state index in [0.29, 0.717) is 0 Å². The van der Waals surface area contributed by atoms with Crippen molar-refractivity contribution in [3.8, 4) is 5.69 Å². The third-order valence-electron chi connectivity index (χ3n) is 5.86. The number of carbonyl (C=O) groups excluding carboxylic acids is 2. The predicted octanol–water partition coefficient (Wildman–Crippen LogP) is -5.42. The van der Waals surface area contributed by atoms with Crippen LogP contribution < -0.4 is 113 Å². The summed E-state index contributed by atoms with van der Waals surface area (Å²) in [6.07, 6.45) is 3.77. The maximum absolute atomic E-state index is 13.2. The van der Waals surface area contributed by atoms with Crippen LogP contribution in [0.1, 0.15) is 11.3 Å². The number of amides is 1. The Morgan fingerprint density at radius 3 is 1.93 bits per heavy atom. The van der Waals surface area contributed by atoms with Crippen molar-refractivity contribution in [2.45, 2.75) is 16.4 Å². The van der Waals surface area contributed by atoms with Gasteiger partial charge in [-0.2, -0.15) is 10.1 Å². The number of allylic oxidation sites excluding steroid dienone is 2. The first kappa shape index (κ1) is 39.7. The van der Waals surface area contributed by atoms with Crippen molar-refractivity contribution < 1.29 is 153 Å². The summed E-state index contributed by atoms with van der Waals surface area (Å²) in [4.78, 5) is 47.3. The molecule has 0 unspecified atom stereocenters. The minimum Gasteiger partial charge on any atom is -0.744 e. The van der Waals surface area contributed by atoms with Gasteiger partial charge in [-0.05, 0) is 60.7 Å². The van der Waals surface area contributed by atoms with Crippen LogP contribution in [-0.4, -0.2) is 67.5 Å². The molecule has 0 aliphatic carbocycles. The van der Waals surface area contributed by atoms with E-state index in [1.54, 1.807) is 0 Å². The zero-order chi connectivity index (χ0) is 31.5. The Labute approximate surface area is 341 Å². The Balaban J connectivity index is 0.00000353. The molecular formula is C25H20K2N4O12S2. The minimum atomic E-state index is -4.74. The second-order valence-corrected chi connectivity index (χ2v) is 11.2. The fraction of sp³-hybridized carbons (Fsp3) is 0.120. The molecule has 3 aromatic rings. The van der Waals surface area contributed by atoms with Gasteiger partial charge in [0.1, 0.15) is 26.8 Å². The number of hydrogen-bond donors (Lipinski definition) is 1. The number of aromatic amines is 1. The smallest absolute Gasteiger partial charge is 0.744 e. The van der Waals surface area contributed by atoms with Gasteiger partial charge in [0.2, 0.25) is 0 Å². The normalized spacial score (nSPS) is 14.3. The van der Waals surface area contributed by atoms with Crippen LogP contribution in [0.15, 0.2) is 85.9 Å². The molecule has 0 saturated carbocycles. The average molecular weight is 711 g/mol. The van der Waals surface area contributed by atoms with Crippen molar-refractivity contribution in [1.82, 2.24) is 9.78 Å². The van der Waals surface area contributed by atoms with Crippen LogP contribution >= 0.6 is 0 Å². The zero-order valence-electron chi connectivity index (χ0n) is 24.1. The second-order valence-electron chi connectivity index (χ2n) is 8.47. The van der Waals surface area contributed by atoms with E-state index in [9.17, 15) is 40.3 Å². The van der Waals surface area contributed by atoms with Crippen LogP contribution in [0.3, 0.4) is 0 Å². The SMILES string of the molecule is COOCc1[nH]n(-c2ccc(S(=O)(=O)[O-])cc2)c(=O)c1/C=C/C=C1/C(=O)N(c2ccc(S(=O)(=O)[O-])cc2)N=C1C(=O)OC.[K+].[K+]. The van der Waals surface area contributed by atoms with Gasteiger partial charge >= 0.3 is 109 Å². The average Bonchev–Trinajstić information content (AvgIpc) is 3.46. The minimum absolute atomic E-state index is 0. The number of methoxy groups -OCH3 is 1. The van der Waals surface area contributed by atoms with Crippen LogP contribution in [0, 0.1) is 0 Å². The Bertz CT molecular complexity index is 1950. The molecule has 0 spiro atoms. The van der Waals surface area contributed by atoms with E-state index >= 15 is 0 Å². The Morgan fingerprint density at radius 1 is 0.911 bits per heavy atom. The van der Waals surface area contributed by atoms with E-state index < -0.39 is 47.5 Å². The van der Waals surface area contributed by atoms with Gasteiger partial charge in [0.25, 0.3) is 11.5 Å². The zero-order valence-corrected chi connectivity index (χ0v) is 32.0. The van der Waals surface area contributed by atoms with Crippen molar-refractivity contribution in [3.63, 3.8) is 0 Å². The number of nitrogens with one attached hydrogen (secondary N) is 1. The molecule has 45 heavy (non-hydrogen) atoms. The largest absolute Gasteiger partial charge is 1.00 e. The van der Waals surface area contributed by atoms with Crippen molar-refractivity contribution >= 4 is 49.6 Å². The first-order valence-electron chi connectivity index (χ1n) is 11.8. The fourth-order valence-corrected chi connectivity index (χ4v) is 4.76. The van der Waals surface area contributed by atoms with Gasteiger partial charge in [-0.1, -0.05) is 6.08 Å². The summed E-state index contributed by atoms with van der Waals surface area (Å²) in [7, 11) is -7.13. The first-order valence-corrected chi connectivity index (χ1v) is 14.6.